The van der Waals surface area contributed by atoms with E-state index in [0.29, 0.717) is 17.0 Å². The third kappa shape index (κ3) is 5.45. The lowest BCUT2D eigenvalue weighted by atomic mass is 10.1. The molecular formula is C22H22N2O4. The summed E-state index contributed by atoms with van der Waals surface area (Å²) < 4.78 is 10.4. The van der Waals surface area contributed by atoms with Gasteiger partial charge in [0, 0.05) is 0 Å². The van der Waals surface area contributed by atoms with Crippen LogP contribution in [0.15, 0.2) is 48.0 Å². The Hall–Kier alpha value is -3.59. The average Bonchev–Trinajstić information content (AvgIpc) is 2.67. The van der Waals surface area contributed by atoms with Gasteiger partial charge in [0.1, 0.15) is 17.4 Å². The molecule has 0 bridgehead atoms. The topological polar surface area (TPSA) is 88.4 Å². The Bertz CT molecular complexity index is 940. The van der Waals surface area contributed by atoms with E-state index < -0.39 is 18.0 Å². The van der Waals surface area contributed by atoms with Crippen molar-refractivity contribution in [2.24, 2.45) is 0 Å². The summed E-state index contributed by atoms with van der Waals surface area (Å²) in [6.07, 6.45) is 0.336. The first-order valence-corrected chi connectivity index (χ1v) is 8.69. The van der Waals surface area contributed by atoms with Gasteiger partial charge in [0.2, 0.25) is 0 Å². The average molecular weight is 378 g/mol. The Labute approximate surface area is 164 Å². The maximum atomic E-state index is 12.4. The predicted octanol–water partition coefficient (Wildman–Crippen LogP) is 3.79. The summed E-state index contributed by atoms with van der Waals surface area (Å²) in [5.41, 5.74) is 2.99. The minimum absolute atomic E-state index is 0.184. The van der Waals surface area contributed by atoms with E-state index in [4.69, 9.17) is 9.47 Å². The van der Waals surface area contributed by atoms with Crippen LogP contribution in [-0.4, -0.2) is 25.1 Å². The number of carbonyl (C=O) groups excluding carboxylic acids is 2. The molecule has 2 aromatic carbocycles. The number of aryl methyl sites for hydroxylation is 2. The number of hydrogen-bond donors (Lipinski definition) is 1. The van der Waals surface area contributed by atoms with Gasteiger partial charge in [-0.05, 0) is 50.1 Å². The van der Waals surface area contributed by atoms with Crippen LogP contribution in [0, 0.1) is 25.2 Å². The predicted molar refractivity (Wildman–Crippen MR) is 107 cm³/mol. The van der Waals surface area contributed by atoms with Gasteiger partial charge in [-0.3, -0.25) is 4.79 Å². The standard InChI is InChI=1S/C22H22N2O4/c1-14-5-8-17(9-6-14)12-18(13-23)22(26)28-16(3)21(25)24-19-11-15(2)7-10-20(19)27-4/h5-12,16H,1-4H3,(H,24,25)/b18-12+/t16-/m1/s1. The van der Waals surface area contributed by atoms with Crippen molar-refractivity contribution in [3.63, 3.8) is 0 Å². The first-order valence-electron chi connectivity index (χ1n) is 8.69. The summed E-state index contributed by atoms with van der Waals surface area (Å²) in [5, 5.41) is 11.9. The molecule has 0 saturated carbocycles. The molecule has 0 aliphatic rings. The fourth-order valence-electron chi connectivity index (χ4n) is 2.40. The number of nitrogens with zero attached hydrogens (tertiary/aromatic N) is 1. The first-order chi connectivity index (χ1) is 13.3. The molecule has 0 fully saturated rings. The summed E-state index contributed by atoms with van der Waals surface area (Å²) in [4.78, 5) is 24.7. The van der Waals surface area contributed by atoms with Crippen molar-refractivity contribution in [2.75, 3.05) is 12.4 Å². The van der Waals surface area contributed by atoms with Crippen molar-refractivity contribution in [2.45, 2.75) is 26.9 Å². The second-order valence-corrected chi connectivity index (χ2v) is 6.32. The third-order valence-electron chi connectivity index (χ3n) is 3.99. The number of benzene rings is 2. The van der Waals surface area contributed by atoms with Crippen LogP contribution in [0.4, 0.5) is 5.69 Å². The Kier molecular flexibility index (Phi) is 6.94. The fraction of sp³-hybridized carbons (Fsp3) is 0.227. The molecule has 28 heavy (non-hydrogen) atoms. The summed E-state index contributed by atoms with van der Waals surface area (Å²) in [5.74, 6) is -0.888. The Morgan fingerprint density at radius 1 is 1.11 bits per heavy atom. The number of carbonyl (C=O) groups is 2. The second-order valence-electron chi connectivity index (χ2n) is 6.32. The Balaban J connectivity index is 2.08. The molecular weight excluding hydrogens is 356 g/mol. The number of amides is 1. The zero-order chi connectivity index (χ0) is 20.7. The summed E-state index contributed by atoms with van der Waals surface area (Å²) in [6.45, 7) is 5.26. The van der Waals surface area contributed by atoms with Crippen molar-refractivity contribution in [1.82, 2.24) is 0 Å². The lowest BCUT2D eigenvalue weighted by Gasteiger charge is -2.15. The summed E-state index contributed by atoms with van der Waals surface area (Å²) in [7, 11) is 1.50. The highest BCUT2D eigenvalue weighted by atomic mass is 16.5. The number of anilines is 1. The zero-order valence-corrected chi connectivity index (χ0v) is 16.3. The monoisotopic (exact) mass is 378 g/mol. The normalized spacial score (nSPS) is 11.9. The van der Waals surface area contributed by atoms with E-state index in [1.807, 2.05) is 38.1 Å². The van der Waals surface area contributed by atoms with Crippen LogP contribution >= 0.6 is 0 Å². The van der Waals surface area contributed by atoms with E-state index in [1.165, 1.54) is 20.1 Å². The van der Waals surface area contributed by atoms with Crippen LogP contribution in [0.5, 0.6) is 5.75 Å². The SMILES string of the molecule is COc1ccc(C)cc1NC(=O)[C@@H](C)OC(=O)/C(C#N)=C/c1ccc(C)cc1. The fourth-order valence-corrected chi connectivity index (χ4v) is 2.40. The largest absolute Gasteiger partial charge is 0.495 e. The molecule has 0 aliphatic heterocycles. The molecule has 0 heterocycles. The molecule has 0 saturated heterocycles. The number of esters is 1. The van der Waals surface area contributed by atoms with E-state index in [9.17, 15) is 14.9 Å². The Morgan fingerprint density at radius 3 is 2.36 bits per heavy atom. The first kappa shape index (κ1) is 20.7. The van der Waals surface area contributed by atoms with Crippen molar-refractivity contribution in [3.05, 3.63) is 64.7 Å². The van der Waals surface area contributed by atoms with Gasteiger partial charge in [-0.25, -0.2) is 4.79 Å². The van der Waals surface area contributed by atoms with Gasteiger partial charge in [-0.15, -0.1) is 0 Å². The molecule has 0 radical (unpaired) electrons. The third-order valence-corrected chi connectivity index (χ3v) is 3.99. The molecule has 144 valence electrons. The van der Waals surface area contributed by atoms with Gasteiger partial charge in [0.05, 0.1) is 12.8 Å². The highest BCUT2D eigenvalue weighted by Gasteiger charge is 2.21. The van der Waals surface area contributed by atoms with Crippen molar-refractivity contribution < 1.29 is 19.1 Å². The van der Waals surface area contributed by atoms with Crippen LogP contribution in [0.2, 0.25) is 0 Å². The maximum Gasteiger partial charge on any atom is 0.349 e. The number of rotatable bonds is 6. The van der Waals surface area contributed by atoms with Crippen molar-refractivity contribution in [3.8, 4) is 11.8 Å². The molecule has 1 atom stereocenters. The van der Waals surface area contributed by atoms with Crippen molar-refractivity contribution in [1.29, 1.82) is 5.26 Å². The second kappa shape index (κ2) is 9.38. The molecule has 0 aliphatic carbocycles. The van der Waals surface area contributed by atoms with Gasteiger partial charge in [0.25, 0.3) is 5.91 Å². The summed E-state index contributed by atoms with van der Waals surface area (Å²) in [6, 6.07) is 14.5. The van der Waals surface area contributed by atoms with Crippen LogP contribution in [0.1, 0.15) is 23.6 Å². The van der Waals surface area contributed by atoms with Crippen molar-refractivity contribution >= 4 is 23.6 Å². The number of nitrogens with one attached hydrogen (secondary N) is 1. The molecule has 1 amide bonds. The molecule has 0 aromatic heterocycles. The van der Waals surface area contributed by atoms with E-state index in [2.05, 4.69) is 5.32 Å². The highest BCUT2D eigenvalue weighted by molar-refractivity contribution is 6.01. The van der Waals surface area contributed by atoms with E-state index in [1.54, 1.807) is 24.3 Å². The molecule has 0 spiro atoms. The number of ether oxygens (including phenoxy) is 2. The Morgan fingerprint density at radius 2 is 1.75 bits per heavy atom. The minimum Gasteiger partial charge on any atom is -0.495 e. The van der Waals surface area contributed by atoms with E-state index in [0.717, 1.165) is 11.1 Å². The van der Waals surface area contributed by atoms with Crippen LogP contribution < -0.4 is 10.1 Å². The number of hydrogen-bond acceptors (Lipinski definition) is 5. The van der Waals surface area contributed by atoms with E-state index >= 15 is 0 Å². The molecule has 1 N–H and O–H groups in total. The van der Waals surface area contributed by atoms with Gasteiger partial charge >= 0.3 is 5.97 Å². The molecule has 0 unspecified atom stereocenters. The maximum absolute atomic E-state index is 12.4. The lowest BCUT2D eigenvalue weighted by molar-refractivity contribution is -0.148. The molecule has 2 aromatic rings. The molecule has 6 nitrogen and oxygen atoms in total. The van der Waals surface area contributed by atoms with Gasteiger partial charge < -0.3 is 14.8 Å². The number of methoxy groups -OCH3 is 1. The van der Waals surface area contributed by atoms with Crippen LogP contribution in [0.25, 0.3) is 6.08 Å². The van der Waals surface area contributed by atoms with Gasteiger partial charge in [-0.2, -0.15) is 5.26 Å². The van der Waals surface area contributed by atoms with Crippen LogP contribution in [-0.2, 0) is 14.3 Å². The lowest BCUT2D eigenvalue weighted by Crippen LogP contribution is -2.30. The quantitative estimate of drug-likeness (QED) is 0.469. The van der Waals surface area contributed by atoms with Gasteiger partial charge in [0.15, 0.2) is 6.10 Å². The zero-order valence-electron chi connectivity index (χ0n) is 16.3. The van der Waals surface area contributed by atoms with Crippen LogP contribution in [0.3, 0.4) is 0 Å². The smallest absolute Gasteiger partial charge is 0.349 e. The van der Waals surface area contributed by atoms with Gasteiger partial charge in [-0.1, -0.05) is 35.9 Å². The minimum atomic E-state index is -1.09. The van der Waals surface area contributed by atoms with E-state index in [-0.39, 0.29) is 5.57 Å². The number of nitriles is 1. The molecule has 6 heteroatoms. The molecule has 2 rings (SSSR count). The summed E-state index contributed by atoms with van der Waals surface area (Å²) >= 11 is 0. The highest BCUT2D eigenvalue weighted by Crippen LogP contribution is 2.25.